The number of hydrogen-bond donors (Lipinski definition) is 0. The molecule has 1 aromatic rings. The quantitative estimate of drug-likeness (QED) is 0.342. The van der Waals surface area contributed by atoms with Crippen molar-refractivity contribution in [2.24, 2.45) is 5.92 Å². The Labute approximate surface area is 150 Å². The minimum Gasteiger partial charge on any atom is -0.490 e. The molecule has 0 N–H and O–H groups in total. The molecule has 25 heavy (non-hydrogen) atoms. The Balaban J connectivity index is 1.99. The lowest BCUT2D eigenvalue weighted by molar-refractivity contribution is 0.286. The molecular formula is C22H30F2O. The van der Waals surface area contributed by atoms with Gasteiger partial charge in [-0.2, -0.15) is 4.39 Å². The number of benzene rings is 1. The summed E-state index contributed by atoms with van der Waals surface area (Å²) in [6.07, 6.45) is 14.4. The van der Waals surface area contributed by atoms with Crippen molar-refractivity contribution in [3.05, 3.63) is 47.6 Å². The molecule has 0 aliphatic heterocycles. The molecular weight excluding hydrogens is 318 g/mol. The highest BCUT2D eigenvalue weighted by atomic mass is 19.2. The molecule has 0 aromatic heterocycles. The van der Waals surface area contributed by atoms with Crippen molar-refractivity contribution in [1.29, 1.82) is 0 Å². The summed E-state index contributed by atoms with van der Waals surface area (Å²) >= 11 is 0. The van der Waals surface area contributed by atoms with Crippen molar-refractivity contribution in [2.75, 3.05) is 6.61 Å². The number of allylic oxidation sites excluding steroid dienone is 4. The van der Waals surface area contributed by atoms with Gasteiger partial charge in [0.05, 0.1) is 6.61 Å². The monoisotopic (exact) mass is 348 g/mol. The maximum Gasteiger partial charge on any atom is 0.201 e. The predicted molar refractivity (Wildman–Crippen MR) is 101 cm³/mol. The molecule has 0 fully saturated rings. The van der Waals surface area contributed by atoms with Gasteiger partial charge in [0, 0.05) is 5.56 Å². The van der Waals surface area contributed by atoms with Crippen LogP contribution in [0.3, 0.4) is 0 Å². The fraction of sp³-hybridized carbons (Fsp3) is 0.545. The Kier molecular flexibility index (Phi) is 8.17. The lowest BCUT2D eigenvalue weighted by Crippen LogP contribution is -2.07. The predicted octanol–water partition coefficient (Wildman–Crippen LogP) is 7.07. The second-order valence-electron chi connectivity index (χ2n) is 6.81. The maximum atomic E-state index is 14.5. The van der Waals surface area contributed by atoms with Crippen molar-refractivity contribution >= 4 is 5.57 Å². The average molecular weight is 348 g/mol. The average Bonchev–Trinajstić information content (AvgIpc) is 2.63. The van der Waals surface area contributed by atoms with Crippen LogP contribution in [0.1, 0.15) is 70.8 Å². The van der Waals surface area contributed by atoms with Gasteiger partial charge in [0.2, 0.25) is 5.82 Å². The summed E-state index contributed by atoms with van der Waals surface area (Å²) in [5, 5.41) is 0. The molecule has 1 aromatic carbocycles. The van der Waals surface area contributed by atoms with Crippen molar-refractivity contribution < 1.29 is 13.5 Å². The minimum absolute atomic E-state index is 0.0259. The normalized spacial score (nSPS) is 17.8. The van der Waals surface area contributed by atoms with E-state index in [4.69, 9.17) is 4.74 Å². The van der Waals surface area contributed by atoms with Gasteiger partial charge in [0.15, 0.2) is 11.6 Å². The molecule has 1 aliphatic rings. The highest BCUT2D eigenvalue weighted by molar-refractivity contribution is 5.67. The van der Waals surface area contributed by atoms with Crippen LogP contribution in [0, 0.1) is 17.6 Å². The van der Waals surface area contributed by atoms with E-state index in [2.05, 4.69) is 25.2 Å². The van der Waals surface area contributed by atoms with E-state index in [9.17, 15) is 8.78 Å². The number of halogens is 2. The number of unbranched alkanes of at least 4 members (excludes halogenated alkanes) is 2. The first-order valence-corrected chi connectivity index (χ1v) is 9.58. The Bertz CT molecular complexity index is 604. The first-order valence-electron chi connectivity index (χ1n) is 9.58. The van der Waals surface area contributed by atoms with E-state index in [0.717, 1.165) is 56.9 Å². The molecule has 0 heterocycles. The van der Waals surface area contributed by atoms with E-state index in [1.807, 2.05) is 6.92 Å². The van der Waals surface area contributed by atoms with E-state index >= 15 is 0 Å². The van der Waals surface area contributed by atoms with Gasteiger partial charge in [-0.05, 0) is 69.1 Å². The van der Waals surface area contributed by atoms with Gasteiger partial charge in [0.1, 0.15) is 0 Å². The Morgan fingerprint density at radius 3 is 2.72 bits per heavy atom. The Morgan fingerprint density at radius 2 is 2.04 bits per heavy atom. The van der Waals surface area contributed by atoms with Crippen LogP contribution in [0.25, 0.3) is 5.57 Å². The van der Waals surface area contributed by atoms with Crippen LogP contribution >= 0.6 is 0 Å². The molecule has 1 aliphatic carbocycles. The molecule has 0 radical (unpaired) electrons. The Hall–Kier alpha value is -1.64. The highest BCUT2D eigenvalue weighted by Gasteiger charge is 2.20. The van der Waals surface area contributed by atoms with Crippen LogP contribution in [-0.4, -0.2) is 6.61 Å². The molecule has 0 saturated carbocycles. The van der Waals surface area contributed by atoms with Crippen LogP contribution in [0.4, 0.5) is 8.78 Å². The second-order valence-corrected chi connectivity index (χ2v) is 6.81. The van der Waals surface area contributed by atoms with Crippen molar-refractivity contribution in [1.82, 2.24) is 0 Å². The number of hydrogen-bond acceptors (Lipinski definition) is 1. The van der Waals surface area contributed by atoms with E-state index < -0.39 is 11.6 Å². The zero-order chi connectivity index (χ0) is 18.1. The van der Waals surface area contributed by atoms with Gasteiger partial charge in [-0.3, -0.25) is 0 Å². The third-order valence-corrected chi connectivity index (χ3v) is 4.90. The molecule has 0 amide bonds. The van der Waals surface area contributed by atoms with Gasteiger partial charge >= 0.3 is 0 Å². The molecule has 1 nitrogen and oxygen atoms in total. The summed E-state index contributed by atoms with van der Waals surface area (Å²) in [4.78, 5) is 0. The van der Waals surface area contributed by atoms with Crippen LogP contribution in [0.5, 0.6) is 5.75 Å². The lowest BCUT2D eigenvalue weighted by atomic mass is 9.84. The van der Waals surface area contributed by atoms with E-state index in [1.54, 1.807) is 12.1 Å². The Morgan fingerprint density at radius 1 is 1.20 bits per heavy atom. The third kappa shape index (κ3) is 5.69. The standard InChI is InChI=1S/C22H30F2O/c1-3-5-7-9-17-10-12-18(13-11-17)19-14-15-20(22(24)21(19)23)25-16-8-6-4-2/h3,5,12,14-15,17H,4,6-11,13,16H2,1-2H3/b5-3+. The largest absolute Gasteiger partial charge is 0.490 e. The smallest absolute Gasteiger partial charge is 0.201 e. The fourth-order valence-electron chi connectivity index (χ4n) is 3.32. The molecule has 3 heteroatoms. The molecule has 1 atom stereocenters. The first-order chi connectivity index (χ1) is 12.2. The summed E-state index contributed by atoms with van der Waals surface area (Å²) in [6.45, 7) is 4.56. The highest BCUT2D eigenvalue weighted by Crippen LogP contribution is 2.35. The molecule has 1 unspecified atom stereocenters. The van der Waals surface area contributed by atoms with E-state index in [0.29, 0.717) is 18.1 Å². The molecule has 0 saturated heterocycles. The SMILES string of the molecule is C/C=C/CCC1CC=C(c2ccc(OCCCCC)c(F)c2F)CC1. The van der Waals surface area contributed by atoms with Gasteiger partial charge in [-0.1, -0.05) is 38.0 Å². The van der Waals surface area contributed by atoms with E-state index in [-0.39, 0.29) is 5.75 Å². The number of ether oxygens (including phenoxy) is 1. The van der Waals surface area contributed by atoms with Gasteiger partial charge < -0.3 is 4.74 Å². The van der Waals surface area contributed by atoms with Crippen molar-refractivity contribution in [3.63, 3.8) is 0 Å². The van der Waals surface area contributed by atoms with Crippen LogP contribution < -0.4 is 4.74 Å². The minimum atomic E-state index is -0.856. The summed E-state index contributed by atoms with van der Waals surface area (Å²) in [5.41, 5.74) is 1.32. The van der Waals surface area contributed by atoms with E-state index in [1.165, 1.54) is 0 Å². The zero-order valence-corrected chi connectivity index (χ0v) is 15.5. The summed E-state index contributed by atoms with van der Waals surface area (Å²) in [6, 6.07) is 3.23. The first kappa shape index (κ1) is 19.7. The van der Waals surface area contributed by atoms with Gasteiger partial charge in [-0.25, -0.2) is 4.39 Å². The lowest BCUT2D eigenvalue weighted by Gasteiger charge is -2.22. The van der Waals surface area contributed by atoms with Crippen LogP contribution in [0.15, 0.2) is 30.4 Å². The van der Waals surface area contributed by atoms with Gasteiger partial charge in [-0.15, -0.1) is 0 Å². The molecule has 138 valence electrons. The summed E-state index contributed by atoms with van der Waals surface area (Å²) in [5.74, 6) is -0.955. The third-order valence-electron chi connectivity index (χ3n) is 4.90. The molecule has 2 rings (SSSR count). The fourth-order valence-corrected chi connectivity index (χ4v) is 3.32. The second kappa shape index (κ2) is 10.4. The number of rotatable bonds is 9. The maximum absolute atomic E-state index is 14.5. The summed E-state index contributed by atoms with van der Waals surface area (Å²) in [7, 11) is 0. The summed E-state index contributed by atoms with van der Waals surface area (Å²) < 4.78 is 34.1. The molecule has 0 bridgehead atoms. The van der Waals surface area contributed by atoms with Gasteiger partial charge in [0.25, 0.3) is 0 Å². The zero-order valence-electron chi connectivity index (χ0n) is 15.5. The van der Waals surface area contributed by atoms with Crippen LogP contribution in [0.2, 0.25) is 0 Å². The van der Waals surface area contributed by atoms with Crippen molar-refractivity contribution in [2.45, 2.75) is 65.2 Å². The van der Waals surface area contributed by atoms with Crippen LogP contribution in [-0.2, 0) is 0 Å². The topological polar surface area (TPSA) is 9.23 Å². The van der Waals surface area contributed by atoms with Crippen molar-refractivity contribution in [3.8, 4) is 5.75 Å². The molecule has 0 spiro atoms.